The largest absolute Gasteiger partial charge is 0.279 e. The zero-order chi connectivity index (χ0) is 27.4. The van der Waals surface area contributed by atoms with Crippen molar-refractivity contribution in [2.45, 2.75) is 31.8 Å². The maximum absolute atomic E-state index is 13.8. The second kappa shape index (κ2) is 11.4. The summed E-state index contributed by atoms with van der Waals surface area (Å²) in [6.45, 7) is 4.69. The van der Waals surface area contributed by atoms with Crippen LogP contribution >= 0.6 is 11.3 Å². The molecule has 0 N–H and O–H groups in total. The molecule has 5 aromatic rings. The van der Waals surface area contributed by atoms with Gasteiger partial charge in [-0.05, 0) is 60.0 Å². The number of sulfonamides is 1. The van der Waals surface area contributed by atoms with Crippen molar-refractivity contribution < 1.29 is 13.2 Å². The van der Waals surface area contributed by atoms with Crippen LogP contribution < -0.4 is 4.90 Å². The summed E-state index contributed by atoms with van der Waals surface area (Å²) in [7, 11) is -3.74. The number of anilines is 1. The number of carbonyl (C=O) groups excluding carboxylic acids is 1. The highest BCUT2D eigenvalue weighted by Gasteiger charge is 2.26. The number of aryl methyl sites for hydroxylation is 1. The van der Waals surface area contributed by atoms with Gasteiger partial charge in [0, 0.05) is 31.0 Å². The first kappa shape index (κ1) is 26.7. The first-order valence-electron chi connectivity index (χ1n) is 12.6. The Kier molecular flexibility index (Phi) is 7.83. The van der Waals surface area contributed by atoms with E-state index < -0.39 is 10.0 Å². The van der Waals surface area contributed by atoms with E-state index in [0.29, 0.717) is 17.2 Å². The summed E-state index contributed by atoms with van der Waals surface area (Å²) in [5.74, 6) is -0.267. The fourth-order valence-electron chi connectivity index (χ4n) is 4.32. The molecule has 2 aromatic heterocycles. The highest BCUT2D eigenvalue weighted by molar-refractivity contribution is 7.89. The number of thiazole rings is 1. The molecule has 0 aliphatic carbocycles. The molecule has 0 unspecified atom stereocenters. The van der Waals surface area contributed by atoms with Gasteiger partial charge in [-0.2, -0.15) is 4.31 Å². The number of rotatable bonds is 9. The van der Waals surface area contributed by atoms with Gasteiger partial charge in [0.2, 0.25) is 10.0 Å². The van der Waals surface area contributed by atoms with Gasteiger partial charge in [0.25, 0.3) is 5.91 Å². The average molecular weight is 557 g/mol. The predicted octanol–water partition coefficient (Wildman–Crippen LogP) is 6.06. The SMILES string of the molecule is CCN(Cc1ccccc1)S(=O)(=O)c1ccc(C(=O)N(Cc2cccnc2)c2nc3c(C)cccc3s2)cc1. The third-order valence-electron chi connectivity index (χ3n) is 6.44. The first-order valence-corrected chi connectivity index (χ1v) is 14.8. The van der Waals surface area contributed by atoms with E-state index in [2.05, 4.69) is 4.98 Å². The lowest BCUT2D eigenvalue weighted by atomic mass is 10.2. The van der Waals surface area contributed by atoms with E-state index in [4.69, 9.17) is 4.98 Å². The molecule has 0 radical (unpaired) electrons. The Morgan fingerprint density at radius 2 is 1.62 bits per heavy atom. The van der Waals surface area contributed by atoms with Crippen LogP contribution in [0.2, 0.25) is 0 Å². The molecule has 0 saturated carbocycles. The number of amides is 1. The number of para-hydroxylation sites is 1. The van der Waals surface area contributed by atoms with Gasteiger partial charge in [0.05, 0.1) is 21.7 Å². The van der Waals surface area contributed by atoms with E-state index >= 15 is 0 Å². The molecule has 0 aliphatic rings. The van der Waals surface area contributed by atoms with Gasteiger partial charge in [-0.15, -0.1) is 0 Å². The number of fused-ring (bicyclic) bond motifs is 1. The topological polar surface area (TPSA) is 83.5 Å². The van der Waals surface area contributed by atoms with Gasteiger partial charge in [-0.3, -0.25) is 14.7 Å². The summed E-state index contributed by atoms with van der Waals surface area (Å²) < 4.78 is 29.2. The number of hydrogen-bond acceptors (Lipinski definition) is 6. The lowest BCUT2D eigenvalue weighted by Gasteiger charge is -2.22. The van der Waals surface area contributed by atoms with E-state index in [0.717, 1.165) is 26.9 Å². The molecule has 0 atom stereocenters. The molecular weight excluding hydrogens is 528 g/mol. The van der Waals surface area contributed by atoms with Crippen LogP contribution in [0.1, 0.15) is 34.0 Å². The average Bonchev–Trinajstić information content (AvgIpc) is 3.41. The number of nitrogens with zero attached hydrogens (tertiary/aromatic N) is 4. The minimum atomic E-state index is -3.74. The lowest BCUT2D eigenvalue weighted by molar-refractivity contribution is 0.0985. The Bertz CT molecular complexity index is 1690. The van der Waals surface area contributed by atoms with Crippen LogP contribution in [0.3, 0.4) is 0 Å². The maximum Gasteiger partial charge on any atom is 0.260 e. The highest BCUT2D eigenvalue weighted by Crippen LogP contribution is 2.32. The molecule has 0 fully saturated rings. The van der Waals surface area contributed by atoms with Crippen LogP contribution in [0.4, 0.5) is 5.13 Å². The quantitative estimate of drug-likeness (QED) is 0.220. The summed E-state index contributed by atoms with van der Waals surface area (Å²) in [5.41, 5.74) is 4.04. The summed E-state index contributed by atoms with van der Waals surface area (Å²) in [5, 5.41) is 0.574. The molecule has 0 aliphatic heterocycles. The Labute approximate surface area is 232 Å². The molecule has 39 heavy (non-hydrogen) atoms. The maximum atomic E-state index is 13.8. The van der Waals surface area contributed by atoms with Crippen molar-refractivity contribution in [1.82, 2.24) is 14.3 Å². The van der Waals surface area contributed by atoms with Crippen LogP contribution in [0, 0.1) is 6.92 Å². The van der Waals surface area contributed by atoms with Crippen LogP contribution in [0.15, 0.2) is 102 Å². The number of pyridine rings is 1. The normalized spacial score (nSPS) is 11.7. The monoisotopic (exact) mass is 556 g/mol. The van der Waals surface area contributed by atoms with E-state index in [1.807, 2.05) is 74.5 Å². The fraction of sp³-hybridized carbons (Fsp3) is 0.167. The highest BCUT2D eigenvalue weighted by atomic mass is 32.2. The number of benzene rings is 3. The van der Waals surface area contributed by atoms with Crippen molar-refractivity contribution in [2.24, 2.45) is 0 Å². The molecule has 3 aromatic carbocycles. The lowest BCUT2D eigenvalue weighted by Crippen LogP contribution is -2.31. The zero-order valence-corrected chi connectivity index (χ0v) is 23.3. The predicted molar refractivity (Wildman–Crippen MR) is 155 cm³/mol. The molecule has 0 spiro atoms. The Hall–Kier alpha value is -3.92. The van der Waals surface area contributed by atoms with Gasteiger partial charge in [-0.1, -0.05) is 66.8 Å². The second-order valence-corrected chi connectivity index (χ2v) is 12.1. The first-order chi connectivity index (χ1) is 18.9. The minimum Gasteiger partial charge on any atom is -0.279 e. The van der Waals surface area contributed by atoms with Crippen LogP contribution in [0.25, 0.3) is 10.2 Å². The molecule has 9 heteroatoms. The van der Waals surface area contributed by atoms with Crippen molar-refractivity contribution in [3.8, 4) is 0 Å². The third-order valence-corrected chi connectivity index (χ3v) is 9.42. The summed E-state index contributed by atoms with van der Waals surface area (Å²) in [6.07, 6.45) is 3.41. The van der Waals surface area contributed by atoms with E-state index in [1.165, 1.54) is 27.8 Å². The number of hydrogen-bond donors (Lipinski definition) is 0. The van der Waals surface area contributed by atoms with Gasteiger partial charge in [0.15, 0.2) is 5.13 Å². The Morgan fingerprint density at radius 3 is 2.28 bits per heavy atom. The smallest absolute Gasteiger partial charge is 0.260 e. The number of carbonyl (C=O) groups is 1. The summed E-state index contributed by atoms with van der Waals surface area (Å²) >= 11 is 1.45. The van der Waals surface area contributed by atoms with E-state index in [1.54, 1.807) is 29.4 Å². The van der Waals surface area contributed by atoms with Gasteiger partial charge >= 0.3 is 0 Å². The second-order valence-electron chi connectivity index (χ2n) is 9.11. The van der Waals surface area contributed by atoms with Crippen molar-refractivity contribution in [3.63, 3.8) is 0 Å². The third kappa shape index (κ3) is 5.75. The Morgan fingerprint density at radius 1 is 0.872 bits per heavy atom. The molecular formula is C30H28N4O3S2. The molecule has 5 rings (SSSR count). The summed E-state index contributed by atoms with van der Waals surface area (Å²) in [6, 6.07) is 25.3. The van der Waals surface area contributed by atoms with Gasteiger partial charge in [-0.25, -0.2) is 13.4 Å². The molecule has 198 valence electrons. The fourth-order valence-corrected chi connectivity index (χ4v) is 6.80. The molecule has 2 heterocycles. The van der Waals surface area contributed by atoms with E-state index in [-0.39, 0.29) is 23.9 Å². The van der Waals surface area contributed by atoms with Crippen molar-refractivity contribution in [3.05, 3.63) is 120 Å². The van der Waals surface area contributed by atoms with Crippen LogP contribution in [-0.4, -0.2) is 35.1 Å². The standard InChI is InChI=1S/C30H28N4O3S2/c1-3-33(20-23-10-5-4-6-11-23)39(36,37)26-16-14-25(15-17-26)29(35)34(21-24-12-8-18-31-19-24)30-32-28-22(2)9-7-13-27(28)38-30/h4-19H,3,20-21H2,1-2H3. The summed E-state index contributed by atoms with van der Waals surface area (Å²) in [4.78, 5) is 24.6. The van der Waals surface area contributed by atoms with Crippen molar-refractivity contribution in [1.29, 1.82) is 0 Å². The number of aromatic nitrogens is 2. The molecule has 0 bridgehead atoms. The van der Waals surface area contributed by atoms with Crippen molar-refractivity contribution in [2.75, 3.05) is 11.4 Å². The van der Waals surface area contributed by atoms with Crippen molar-refractivity contribution >= 4 is 42.6 Å². The Balaban J connectivity index is 1.45. The molecule has 7 nitrogen and oxygen atoms in total. The van der Waals surface area contributed by atoms with Crippen LogP contribution in [-0.2, 0) is 23.1 Å². The minimum absolute atomic E-state index is 0.145. The van der Waals surface area contributed by atoms with Gasteiger partial charge < -0.3 is 0 Å². The molecule has 0 saturated heterocycles. The van der Waals surface area contributed by atoms with E-state index in [9.17, 15) is 13.2 Å². The van der Waals surface area contributed by atoms with Gasteiger partial charge in [0.1, 0.15) is 0 Å². The zero-order valence-electron chi connectivity index (χ0n) is 21.7. The molecule has 1 amide bonds. The van der Waals surface area contributed by atoms with Crippen LogP contribution in [0.5, 0.6) is 0 Å².